The Kier molecular flexibility index (Phi) is 7.82. The molecule has 0 rings (SSSR count). The molecule has 1 amide bonds. The van der Waals surface area contributed by atoms with E-state index in [4.69, 9.17) is 10.2 Å². The molecule has 0 aliphatic carbocycles. The number of thioether (sulfide) groups is 1. The van der Waals surface area contributed by atoms with Gasteiger partial charge in [-0.25, -0.2) is 0 Å². The van der Waals surface area contributed by atoms with Crippen molar-refractivity contribution in [1.29, 1.82) is 0 Å². The van der Waals surface area contributed by atoms with Crippen LogP contribution in [0, 0.1) is 5.92 Å². The SMILES string of the molecule is CC(C)CNC(=O)C(C)SCC(O)CO. The van der Waals surface area contributed by atoms with Gasteiger partial charge in [-0.05, 0) is 12.8 Å². The van der Waals surface area contributed by atoms with Gasteiger partial charge >= 0.3 is 0 Å². The monoisotopic (exact) mass is 235 g/mol. The van der Waals surface area contributed by atoms with Gasteiger partial charge in [0.15, 0.2) is 0 Å². The lowest BCUT2D eigenvalue weighted by atomic mass is 10.2. The van der Waals surface area contributed by atoms with Crippen LogP contribution in [0.15, 0.2) is 0 Å². The second-order valence-corrected chi connectivity index (χ2v) is 5.32. The summed E-state index contributed by atoms with van der Waals surface area (Å²) in [6.45, 7) is 6.28. The third-order valence-electron chi connectivity index (χ3n) is 1.80. The first-order valence-corrected chi connectivity index (χ1v) is 6.20. The van der Waals surface area contributed by atoms with Crippen LogP contribution in [0.2, 0.25) is 0 Å². The molecule has 0 spiro atoms. The molecule has 0 aromatic heterocycles. The Bertz CT molecular complexity index is 188. The number of carbonyl (C=O) groups excluding carboxylic acids is 1. The molecular formula is C10H21NO3S. The predicted molar refractivity (Wildman–Crippen MR) is 62.9 cm³/mol. The minimum Gasteiger partial charge on any atom is -0.394 e. The first kappa shape index (κ1) is 14.7. The molecule has 15 heavy (non-hydrogen) atoms. The van der Waals surface area contributed by atoms with Crippen LogP contribution in [0.1, 0.15) is 20.8 Å². The van der Waals surface area contributed by atoms with E-state index < -0.39 is 6.10 Å². The van der Waals surface area contributed by atoms with Gasteiger partial charge in [0.1, 0.15) is 0 Å². The lowest BCUT2D eigenvalue weighted by Crippen LogP contribution is -2.34. The quantitative estimate of drug-likeness (QED) is 0.591. The van der Waals surface area contributed by atoms with Gasteiger partial charge in [-0.15, -0.1) is 11.8 Å². The minimum atomic E-state index is -0.740. The number of aliphatic hydroxyl groups excluding tert-OH is 2. The molecule has 90 valence electrons. The Labute approximate surface area is 95.4 Å². The van der Waals surface area contributed by atoms with Crippen LogP contribution in [0.5, 0.6) is 0 Å². The zero-order chi connectivity index (χ0) is 11.8. The summed E-state index contributed by atoms with van der Waals surface area (Å²) < 4.78 is 0. The van der Waals surface area contributed by atoms with E-state index in [1.165, 1.54) is 11.8 Å². The van der Waals surface area contributed by atoms with Gasteiger partial charge in [-0.3, -0.25) is 4.79 Å². The van der Waals surface area contributed by atoms with E-state index in [1.54, 1.807) is 6.92 Å². The second kappa shape index (κ2) is 7.96. The van der Waals surface area contributed by atoms with E-state index in [1.807, 2.05) is 13.8 Å². The van der Waals surface area contributed by atoms with Crippen molar-refractivity contribution in [3.63, 3.8) is 0 Å². The number of rotatable bonds is 7. The fraction of sp³-hybridized carbons (Fsp3) is 0.900. The number of carbonyl (C=O) groups is 1. The number of hydrogen-bond donors (Lipinski definition) is 3. The Morgan fingerprint density at radius 3 is 2.47 bits per heavy atom. The second-order valence-electron chi connectivity index (χ2n) is 3.95. The first-order valence-electron chi connectivity index (χ1n) is 5.15. The minimum absolute atomic E-state index is 0.0150. The smallest absolute Gasteiger partial charge is 0.232 e. The predicted octanol–water partition coefficient (Wildman–Crippen LogP) is 0.233. The Hall–Kier alpha value is -0.260. The van der Waals surface area contributed by atoms with Gasteiger partial charge in [0.2, 0.25) is 5.91 Å². The fourth-order valence-corrected chi connectivity index (χ4v) is 1.68. The van der Waals surface area contributed by atoms with Crippen LogP contribution in [-0.2, 0) is 4.79 Å². The normalized spacial score (nSPS) is 15.1. The maximum absolute atomic E-state index is 11.5. The molecule has 0 aliphatic rings. The number of hydrogen-bond acceptors (Lipinski definition) is 4. The molecule has 5 heteroatoms. The Morgan fingerprint density at radius 1 is 1.40 bits per heavy atom. The highest BCUT2D eigenvalue weighted by molar-refractivity contribution is 8.00. The zero-order valence-corrected chi connectivity index (χ0v) is 10.4. The van der Waals surface area contributed by atoms with Crippen molar-refractivity contribution in [2.24, 2.45) is 5.92 Å². The van der Waals surface area contributed by atoms with E-state index in [0.29, 0.717) is 18.2 Å². The van der Waals surface area contributed by atoms with Crippen LogP contribution in [0.25, 0.3) is 0 Å². The molecule has 0 saturated carbocycles. The molecular weight excluding hydrogens is 214 g/mol. The molecule has 0 saturated heterocycles. The van der Waals surface area contributed by atoms with Crippen LogP contribution in [0.3, 0.4) is 0 Å². The summed E-state index contributed by atoms with van der Waals surface area (Å²) in [5.41, 5.74) is 0. The number of aliphatic hydroxyl groups is 2. The lowest BCUT2D eigenvalue weighted by Gasteiger charge is -2.14. The molecule has 0 aliphatic heterocycles. The van der Waals surface area contributed by atoms with Crippen molar-refractivity contribution in [2.75, 3.05) is 18.9 Å². The van der Waals surface area contributed by atoms with Gasteiger partial charge in [-0.1, -0.05) is 13.8 Å². The summed E-state index contributed by atoms with van der Waals surface area (Å²) in [6, 6.07) is 0. The lowest BCUT2D eigenvalue weighted by molar-refractivity contribution is -0.120. The summed E-state index contributed by atoms with van der Waals surface area (Å²) in [7, 11) is 0. The van der Waals surface area contributed by atoms with Crippen LogP contribution >= 0.6 is 11.8 Å². The molecule has 0 radical (unpaired) electrons. The van der Waals surface area contributed by atoms with Crippen molar-refractivity contribution in [3.8, 4) is 0 Å². The van der Waals surface area contributed by atoms with Crippen LogP contribution < -0.4 is 5.32 Å². The average molecular weight is 235 g/mol. The summed E-state index contributed by atoms with van der Waals surface area (Å²) in [6.07, 6.45) is -0.740. The molecule has 2 unspecified atom stereocenters. The molecule has 0 bridgehead atoms. The number of amides is 1. The van der Waals surface area contributed by atoms with Crippen molar-refractivity contribution in [2.45, 2.75) is 32.1 Å². The van der Waals surface area contributed by atoms with E-state index in [-0.39, 0.29) is 17.8 Å². The topological polar surface area (TPSA) is 69.6 Å². The Balaban J connectivity index is 3.69. The standard InChI is InChI=1S/C10H21NO3S/c1-7(2)4-11-10(14)8(3)15-6-9(13)5-12/h7-9,12-13H,4-6H2,1-3H3,(H,11,14). The van der Waals surface area contributed by atoms with Crippen molar-refractivity contribution in [3.05, 3.63) is 0 Å². The molecule has 2 atom stereocenters. The average Bonchev–Trinajstić information content (AvgIpc) is 2.21. The molecule has 0 aromatic carbocycles. The van der Waals surface area contributed by atoms with Gasteiger partial charge in [-0.2, -0.15) is 0 Å². The largest absolute Gasteiger partial charge is 0.394 e. The van der Waals surface area contributed by atoms with Crippen molar-refractivity contribution >= 4 is 17.7 Å². The fourth-order valence-electron chi connectivity index (χ4n) is 0.832. The highest BCUT2D eigenvalue weighted by Crippen LogP contribution is 2.11. The van der Waals surface area contributed by atoms with E-state index in [2.05, 4.69) is 5.32 Å². The maximum Gasteiger partial charge on any atom is 0.232 e. The van der Waals surface area contributed by atoms with E-state index >= 15 is 0 Å². The molecule has 0 heterocycles. The maximum atomic E-state index is 11.5. The van der Waals surface area contributed by atoms with Gasteiger partial charge in [0.05, 0.1) is 18.0 Å². The number of nitrogens with one attached hydrogen (secondary N) is 1. The van der Waals surface area contributed by atoms with Gasteiger partial charge in [0, 0.05) is 12.3 Å². The molecule has 0 aromatic rings. The highest BCUT2D eigenvalue weighted by atomic mass is 32.2. The van der Waals surface area contributed by atoms with Crippen LogP contribution in [-0.4, -0.2) is 46.4 Å². The highest BCUT2D eigenvalue weighted by Gasteiger charge is 2.14. The first-order chi connectivity index (χ1) is 6.97. The third kappa shape index (κ3) is 7.64. The van der Waals surface area contributed by atoms with Crippen molar-refractivity contribution < 1.29 is 15.0 Å². The van der Waals surface area contributed by atoms with E-state index in [9.17, 15) is 4.79 Å². The van der Waals surface area contributed by atoms with E-state index in [0.717, 1.165) is 0 Å². The van der Waals surface area contributed by atoms with Gasteiger partial charge in [0.25, 0.3) is 0 Å². The van der Waals surface area contributed by atoms with Crippen LogP contribution in [0.4, 0.5) is 0 Å². The summed E-state index contributed by atoms with van der Waals surface area (Å²) >= 11 is 1.35. The Morgan fingerprint density at radius 2 is 2.00 bits per heavy atom. The summed E-state index contributed by atoms with van der Waals surface area (Å²) in [5.74, 6) is 0.806. The third-order valence-corrected chi connectivity index (χ3v) is 3.09. The van der Waals surface area contributed by atoms with Gasteiger partial charge < -0.3 is 15.5 Å². The molecule has 4 nitrogen and oxygen atoms in total. The summed E-state index contributed by atoms with van der Waals surface area (Å²) in [4.78, 5) is 11.5. The zero-order valence-electron chi connectivity index (χ0n) is 9.56. The molecule has 0 fully saturated rings. The molecule has 3 N–H and O–H groups in total. The summed E-state index contributed by atoms with van der Waals surface area (Å²) in [5, 5.41) is 20.3. The van der Waals surface area contributed by atoms with Crippen molar-refractivity contribution in [1.82, 2.24) is 5.32 Å².